The van der Waals surface area contributed by atoms with Gasteiger partial charge in [-0.3, -0.25) is 9.59 Å². The summed E-state index contributed by atoms with van der Waals surface area (Å²) in [4.78, 5) is 23.7. The van der Waals surface area contributed by atoms with E-state index in [1.807, 2.05) is 0 Å². The summed E-state index contributed by atoms with van der Waals surface area (Å²) in [7, 11) is 1.44. The summed E-state index contributed by atoms with van der Waals surface area (Å²) in [5.74, 6) is -1.04. The number of phenols is 3. The minimum absolute atomic E-state index is 0.0433. The second kappa shape index (κ2) is 8.53. The number of aromatic hydroxyl groups is 3. The van der Waals surface area contributed by atoms with E-state index in [1.54, 1.807) is 12.1 Å². The number of allylic oxidation sites excluding steroid dienone is 2. The molecule has 0 saturated heterocycles. The van der Waals surface area contributed by atoms with Crippen molar-refractivity contribution in [1.29, 1.82) is 0 Å². The van der Waals surface area contributed by atoms with Crippen molar-refractivity contribution in [2.75, 3.05) is 7.11 Å². The summed E-state index contributed by atoms with van der Waals surface area (Å²) < 4.78 is 4.93. The van der Waals surface area contributed by atoms with E-state index < -0.39 is 5.78 Å². The van der Waals surface area contributed by atoms with Crippen LogP contribution in [0.3, 0.4) is 0 Å². The number of ether oxygens (including phenoxy) is 1. The lowest BCUT2D eigenvalue weighted by Crippen LogP contribution is -2.01. The molecule has 0 atom stereocenters. The first-order chi connectivity index (χ1) is 12.4. The average Bonchev–Trinajstić information content (AvgIpc) is 2.61. The first-order valence-corrected chi connectivity index (χ1v) is 7.70. The molecule has 2 aromatic carbocycles. The van der Waals surface area contributed by atoms with Crippen molar-refractivity contribution in [1.82, 2.24) is 0 Å². The molecule has 0 spiro atoms. The highest BCUT2D eigenvalue weighted by Gasteiger charge is 2.05. The second-order valence-corrected chi connectivity index (χ2v) is 5.46. The van der Waals surface area contributed by atoms with Gasteiger partial charge in [-0.15, -0.1) is 0 Å². The fraction of sp³-hybridized carbons (Fsp3) is 0.100. The maximum absolute atomic E-state index is 11.8. The van der Waals surface area contributed by atoms with Crippen LogP contribution in [0.25, 0.3) is 12.2 Å². The Morgan fingerprint density at radius 1 is 0.846 bits per heavy atom. The minimum Gasteiger partial charge on any atom is -0.504 e. The van der Waals surface area contributed by atoms with Gasteiger partial charge in [0.2, 0.25) is 0 Å². The van der Waals surface area contributed by atoms with E-state index >= 15 is 0 Å². The maximum Gasteiger partial charge on any atom is 0.163 e. The van der Waals surface area contributed by atoms with E-state index in [2.05, 4.69) is 0 Å². The molecule has 0 saturated carbocycles. The Kier molecular flexibility index (Phi) is 6.16. The molecule has 6 heteroatoms. The van der Waals surface area contributed by atoms with Gasteiger partial charge in [0.05, 0.1) is 13.5 Å². The molecule has 0 unspecified atom stereocenters. The normalized spacial score (nSPS) is 11.1. The Morgan fingerprint density at radius 3 is 1.88 bits per heavy atom. The molecular weight excluding hydrogens is 336 g/mol. The van der Waals surface area contributed by atoms with Crippen LogP contribution in [-0.2, 0) is 9.59 Å². The Hall–Kier alpha value is -3.54. The van der Waals surface area contributed by atoms with Crippen LogP contribution in [0.2, 0.25) is 0 Å². The monoisotopic (exact) mass is 354 g/mol. The van der Waals surface area contributed by atoms with E-state index in [-0.39, 0.29) is 29.5 Å². The Balaban J connectivity index is 1.94. The SMILES string of the molecule is COc1ccc(/C=C/C(=O)CC(=O)/C=C/c2ccc(O)c(O)c2)cc1O. The molecule has 0 aliphatic heterocycles. The van der Waals surface area contributed by atoms with Crippen LogP contribution in [0.1, 0.15) is 17.5 Å². The van der Waals surface area contributed by atoms with Crippen molar-refractivity contribution in [2.24, 2.45) is 0 Å². The smallest absolute Gasteiger partial charge is 0.163 e. The molecule has 0 heterocycles. The van der Waals surface area contributed by atoms with Gasteiger partial charge in [-0.05, 0) is 47.5 Å². The van der Waals surface area contributed by atoms with Crippen molar-refractivity contribution >= 4 is 23.7 Å². The van der Waals surface area contributed by atoms with Crippen LogP contribution >= 0.6 is 0 Å². The van der Waals surface area contributed by atoms with Crippen molar-refractivity contribution in [3.05, 3.63) is 59.7 Å². The number of benzene rings is 2. The van der Waals surface area contributed by atoms with Crippen LogP contribution in [0.4, 0.5) is 0 Å². The molecule has 26 heavy (non-hydrogen) atoms. The Labute approximate surface area is 150 Å². The molecule has 0 radical (unpaired) electrons. The number of rotatable bonds is 7. The van der Waals surface area contributed by atoms with Crippen LogP contribution < -0.4 is 4.74 Å². The second-order valence-electron chi connectivity index (χ2n) is 5.46. The summed E-state index contributed by atoms with van der Waals surface area (Å²) in [5.41, 5.74) is 1.12. The lowest BCUT2D eigenvalue weighted by Gasteiger charge is -2.03. The van der Waals surface area contributed by atoms with Crippen LogP contribution in [0, 0.1) is 0 Å². The lowest BCUT2D eigenvalue weighted by atomic mass is 10.1. The van der Waals surface area contributed by atoms with Gasteiger partial charge in [0.1, 0.15) is 0 Å². The van der Waals surface area contributed by atoms with Gasteiger partial charge >= 0.3 is 0 Å². The molecule has 2 rings (SSSR count). The van der Waals surface area contributed by atoms with Gasteiger partial charge in [-0.25, -0.2) is 0 Å². The van der Waals surface area contributed by atoms with Crippen LogP contribution in [0.5, 0.6) is 23.0 Å². The van der Waals surface area contributed by atoms with Crippen molar-refractivity contribution in [3.8, 4) is 23.0 Å². The van der Waals surface area contributed by atoms with E-state index in [9.17, 15) is 24.9 Å². The van der Waals surface area contributed by atoms with E-state index in [4.69, 9.17) is 4.74 Å². The molecule has 0 aliphatic rings. The highest BCUT2D eigenvalue weighted by Crippen LogP contribution is 2.27. The molecule has 0 fully saturated rings. The third kappa shape index (κ3) is 5.24. The molecule has 0 bridgehead atoms. The van der Waals surface area contributed by atoms with Gasteiger partial charge in [0, 0.05) is 0 Å². The highest BCUT2D eigenvalue weighted by molar-refractivity contribution is 6.10. The lowest BCUT2D eigenvalue weighted by molar-refractivity contribution is -0.121. The van der Waals surface area contributed by atoms with E-state index in [1.165, 1.54) is 55.7 Å². The molecular formula is C20H18O6. The molecule has 134 valence electrons. The van der Waals surface area contributed by atoms with Crippen LogP contribution in [-0.4, -0.2) is 34.0 Å². The van der Waals surface area contributed by atoms with Crippen LogP contribution in [0.15, 0.2) is 48.6 Å². The zero-order valence-corrected chi connectivity index (χ0v) is 14.0. The topological polar surface area (TPSA) is 104 Å². The fourth-order valence-electron chi connectivity index (χ4n) is 2.12. The molecule has 0 aliphatic carbocycles. The van der Waals surface area contributed by atoms with Gasteiger partial charge < -0.3 is 20.1 Å². The predicted molar refractivity (Wildman–Crippen MR) is 97.1 cm³/mol. The first kappa shape index (κ1) is 18.8. The first-order valence-electron chi connectivity index (χ1n) is 7.70. The summed E-state index contributed by atoms with van der Waals surface area (Å²) in [6, 6.07) is 8.81. The zero-order valence-electron chi connectivity index (χ0n) is 14.0. The highest BCUT2D eigenvalue weighted by atomic mass is 16.5. The number of hydrogen-bond acceptors (Lipinski definition) is 6. The quantitative estimate of drug-likeness (QED) is 0.401. The maximum atomic E-state index is 11.8. The third-order valence-corrected chi connectivity index (χ3v) is 3.47. The molecule has 3 N–H and O–H groups in total. The number of phenolic OH excluding ortho intramolecular Hbond substituents is 3. The van der Waals surface area contributed by atoms with Crippen molar-refractivity contribution in [2.45, 2.75) is 6.42 Å². The number of carbonyl (C=O) groups is 2. The largest absolute Gasteiger partial charge is 0.504 e. The van der Waals surface area contributed by atoms with E-state index in [0.29, 0.717) is 16.9 Å². The number of methoxy groups -OCH3 is 1. The third-order valence-electron chi connectivity index (χ3n) is 3.47. The number of ketones is 2. The Morgan fingerprint density at radius 2 is 1.38 bits per heavy atom. The molecule has 2 aromatic rings. The molecule has 6 nitrogen and oxygen atoms in total. The van der Waals surface area contributed by atoms with E-state index in [0.717, 1.165) is 0 Å². The summed E-state index contributed by atoms with van der Waals surface area (Å²) in [6.45, 7) is 0. The summed E-state index contributed by atoms with van der Waals surface area (Å²) in [5, 5.41) is 28.3. The predicted octanol–water partition coefficient (Wildman–Crippen LogP) is 3.07. The van der Waals surface area contributed by atoms with Gasteiger partial charge in [0.25, 0.3) is 0 Å². The zero-order chi connectivity index (χ0) is 19.1. The summed E-state index contributed by atoms with van der Waals surface area (Å²) >= 11 is 0. The molecule has 0 amide bonds. The number of carbonyl (C=O) groups excluding carboxylic acids is 2. The Bertz CT molecular complexity index is 880. The number of hydrogen-bond donors (Lipinski definition) is 3. The minimum atomic E-state index is -0.398. The summed E-state index contributed by atoms with van der Waals surface area (Å²) in [6.07, 6.45) is 5.13. The van der Waals surface area contributed by atoms with Gasteiger partial charge in [-0.1, -0.05) is 24.3 Å². The average molecular weight is 354 g/mol. The van der Waals surface area contributed by atoms with Crippen molar-refractivity contribution in [3.63, 3.8) is 0 Å². The van der Waals surface area contributed by atoms with Crippen molar-refractivity contribution < 1.29 is 29.6 Å². The van der Waals surface area contributed by atoms with Gasteiger partial charge in [0.15, 0.2) is 34.6 Å². The van der Waals surface area contributed by atoms with Gasteiger partial charge in [-0.2, -0.15) is 0 Å². The standard InChI is InChI=1S/C20H18O6/c1-26-20-9-5-14(11-19(20)25)3-7-16(22)12-15(21)6-2-13-4-8-17(23)18(24)10-13/h2-11,23-25H,12H2,1H3/b6-2+,7-3+. The molecule has 0 aromatic heterocycles. The fourth-order valence-corrected chi connectivity index (χ4v) is 2.12.